The van der Waals surface area contributed by atoms with Crippen LogP contribution in [0.1, 0.15) is 29.6 Å². The Balaban J connectivity index is 2.15. The largest absolute Gasteiger partial charge is 0.478 e. The Labute approximate surface area is 114 Å². The molecule has 0 aliphatic carbocycles. The summed E-state index contributed by atoms with van der Waals surface area (Å²) in [5.74, 6) is -0.908. The zero-order chi connectivity index (χ0) is 13.0. The molecular formula is C13H16BrNO3. The summed E-state index contributed by atoms with van der Waals surface area (Å²) in [7, 11) is 0. The van der Waals surface area contributed by atoms with Crippen molar-refractivity contribution in [1.29, 1.82) is 0 Å². The molecule has 1 aromatic rings. The Bertz CT molecular complexity index is 428. The molecule has 1 heterocycles. The molecule has 1 atom stereocenters. The molecule has 2 N–H and O–H groups in total. The van der Waals surface area contributed by atoms with Crippen molar-refractivity contribution < 1.29 is 14.6 Å². The Morgan fingerprint density at radius 1 is 1.39 bits per heavy atom. The predicted molar refractivity (Wildman–Crippen MR) is 73.2 cm³/mol. The third kappa shape index (κ3) is 3.46. The Kier molecular flexibility index (Phi) is 4.60. The van der Waals surface area contributed by atoms with Crippen molar-refractivity contribution in [3.63, 3.8) is 0 Å². The zero-order valence-corrected chi connectivity index (χ0v) is 11.6. The van der Waals surface area contributed by atoms with Gasteiger partial charge in [0, 0.05) is 23.7 Å². The summed E-state index contributed by atoms with van der Waals surface area (Å²) in [5.41, 5.74) is 0.979. The highest BCUT2D eigenvalue weighted by Crippen LogP contribution is 2.24. The summed E-state index contributed by atoms with van der Waals surface area (Å²) >= 11 is 3.37. The molecule has 18 heavy (non-hydrogen) atoms. The monoisotopic (exact) mass is 313 g/mol. The fraction of sp³-hybridized carbons (Fsp3) is 0.462. The second kappa shape index (κ2) is 6.20. The molecule has 1 aromatic carbocycles. The summed E-state index contributed by atoms with van der Waals surface area (Å²) in [5, 5.41) is 12.5. The number of ether oxygens (including phenoxy) is 1. The van der Waals surface area contributed by atoms with Crippen LogP contribution in [-0.2, 0) is 4.74 Å². The molecule has 98 valence electrons. The van der Waals surface area contributed by atoms with Crippen molar-refractivity contribution in [2.75, 3.05) is 18.5 Å². The van der Waals surface area contributed by atoms with Crippen LogP contribution < -0.4 is 5.32 Å². The van der Waals surface area contributed by atoms with Crippen LogP contribution in [-0.4, -0.2) is 30.3 Å². The van der Waals surface area contributed by atoms with E-state index in [9.17, 15) is 4.79 Å². The summed E-state index contributed by atoms with van der Waals surface area (Å²) in [6.45, 7) is 1.52. The van der Waals surface area contributed by atoms with E-state index >= 15 is 0 Å². The maximum Gasteiger partial charge on any atom is 0.337 e. The number of benzene rings is 1. The molecule has 1 fully saturated rings. The maximum atomic E-state index is 11.2. The van der Waals surface area contributed by atoms with Gasteiger partial charge in [0.2, 0.25) is 0 Å². The molecule has 1 aliphatic heterocycles. The highest BCUT2D eigenvalue weighted by Gasteiger charge is 2.16. The van der Waals surface area contributed by atoms with Crippen molar-refractivity contribution in [3.8, 4) is 0 Å². The van der Waals surface area contributed by atoms with E-state index in [0.717, 1.165) is 36.9 Å². The van der Waals surface area contributed by atoms with Crippen molar-refractivity contribution in [2.24, 2.45) is 0 Å². The van der Waals surface area contributed by atoms with Crippen LogP contribution in [0.25, 0.3) is 0 Å². The quantitative estimate of drug-likeness (QED) is 0.900. The van der Waals surface area contributed by atoms with E-state index in [1.165, 1.54) is 0 Å². The molecule has 0 bridgehead atoms. The van der Waals surface area contributed by atoms with Crippen LogP contribution in [0.5, 0.6) is 0 Å². The van der Waals surface area contributed by atoms with Gasteiger partial charge in [-0.2, -0.15) is 0 Å². The first-order valence-corrected chi connectivity index (χ1v) is 6.83. The van der Waals surface area contributed by atoms with Gasteiger partial charge in [0.15, 0.2) is 0 Å². The van der Waals surface area contributed by atoms with Crippen LogP contribution in [0.15, 0.2) is 22.7 Å². The molecular weight excluding hydrogens is 298 g/mol. The first kappa shape index (κ1) is 13.4. The van der Waals surface area contributed by atoms with Gasteiger partial charge in [-0.05, 0) is 37.5 Å². The zero-order valence-electron chi connectivity index (χ0n) is 9.99. The molecule has 1 aliphatic rings. The second-order valence-corrected chi connectivity index (χ2v) is 5.30. The van der Waals surface area contributed by atoms with Gasteiger partial charge < -0.3 is 15.2 Å². The molecule has 0 saturated carbocycles. The number of carboxylic acids is 1. The van der Waals surface area contributed by atoms with Gasteiger partial charge in [-0.25, -0.2) is 4.79 Å². The minimum absolute atomic E-state index is 0.278. The van der Waals surface area contributed by atoms with Crippen LogP contribution in [0.3, 0.4) is 0 Å². The molecule has 0 spiro atoms. The molecule has 0 radical (unpaired) electrons. The van der Waals surface area contributed by atoms with Gasteiger partial charge in [0.05, 0.1) is 11.3 Å². The van der Waals surface area contributed by atoms with Crippen LogP contribution in [0.2, 0.25) is 0 Å². The number of rotatable bonds is 3. The van der Waals surface area contributed by atoms with E-state index in [2.05, 4.69) is 21.2 Å². The van der Waals surface area contributed by atoms with Gasteiger partial charge in [-0.3, -0.25) is 0 Å². The Hall–Kier alpha value is -1.07. The highest BCUT2D eigenvalue weighted by molar-refractivity contribution is 9.10. The molecule has 0 aromatic heterocycles. The van der Waals surface area contributed by atoms with Crippen molar-refractivity contribution in [2.45, 2.75) is 25.3 Å². The standard InChI is InChI=1S/C13H16BrNO3/c14-9-3-4-11(13(16)17)12(8-9)15-10-2-1-6-18-7-5-10/h3-4,8,10,15H,1-2,5-7H2,(H,16,17). The lowest BCUT2D eigenvalue weighted by Gasteiger charge is -2.18. The summed E-state index contributed by atoms with van der Waals surface area (Å²) < 4.78 is 6.27. The number of carboxylic acid groups (broad SMARTS) is 1. The van der Waals surface area contributed by atoms with Crippen LogP contribution >= 0.6 is 15.9 Å². The fourth-order valence-corrected chi connectivity index (χ4v) is 2.45. The highest BCUT2D eigenvalue weighted by atomic mass is 79.9. The lowest BCUT2D eigenvalue weighted by Crippen LogP contribution is -2.21. The van der Waals surface area contributed by atoms with Crippen LogP contribution in [0, 0.1) is 0 Å². The SMILES string of the molecule is O=C(O)c1ccc(Br)cc1NC1CCCOCC1. The number of hydrogen-bond acceptors (Lipinski definition) is 3. The molecule has 5 heteroatoms. The van der Waals surface area contributed by atoms with E-state index in [-0.39, 0.29) is 6.04 Å². The summed E-state index contributed by atoms with van der Waals surface area (Å²) in [6, 6.07) is 5.45. The first-order chi connectivity index (χ1) is 8.66. The van der Waals surface area contributed by atoms with Crippen molar-refractivity contribution in [3.05, 3.63) is 28.2 Å². The Morgan fingerprint density at radius 3 is 3.00 bits per heavy atom. The Morgan fingerprint density at radius 2 is 2.22 bits per heavy atom. The third-order valence-electron chi connectivity index (χ3n) is 3.02. The maximum absolute atomic E-state index is 11.2. The number of hydrogen-bond donors (Lipinski definition) is 2. The predicted octanol–water partition coefficient (Wildman–Crippen LogP) is 3.13. The molecule has 2 rings (SSSR count). The number of aromatic carboxylic acids is 1. The third-order valence-corrected chi connectivity index (χ3v) is 3.52. The first-order valence-electron chi connectivity index (χ1n) is 6.04. The van der Waals surface area contributed by atoms with E-state index in [1.807, 2.05) is 6.07 Å². The molecule has 4 nitrogen and oxygen atoms in total. The summed E-state index contributed by atoms with van der Waals surface area (Å²) in [6.07, 6.45) is 2.92. The number of anilines is 1. The minimum atomic E-state index is -0.908. The van der Waals surface area contributed by atoms with E-state index < -0.39 is 5.97 Å². The normalized spacial score (nSPS) is 20.2. The van der Waals surface area contributed by atoms with E-state index in [1.54, 1.807) is 12.1 Å². The minimum Gasteiger partial charge on any atom is -0.478 e. The van der Waals surface area contributed by atoms with Crippen molar-refractivity contribution >= 4 is 27.6 Å². The lowest BCUT2D eigenvalue weighted by atomic mass is 10.1. The summed E-state index contributed by atoms with van der Waals surface area (Å²) in [4.78, 5) is 11.2. The van der Waals surface area contributed by atoms with Gasteiger partial charge in [0.25, 0.3) is 0 Å². The van der Waals surface area contributed by atoms with Gasteiger partial charge in [0.1, 0.15) is 0 Å². The van der Waals surface area contributed by atoms with Gasteiger partial charge >= 0.3 is 5.97 Å². The number of carbonyl (C=O) groups is 1. The fourth-order valence-electron chi connectivity index (χ4n) is 2.09. The molecule has 1 unspecified atom stereocenters. The average molecular weight is 314 g/mol. The van der Waals surface area contributed by atoms with Gasteiger partial charge in [-0.15, -0.1) is 0 Å². The van der Waals surface area contributed by atoms with E-state index in [0.29, 0.717) is 11.3 Å². The number of nitrogens with one attached hydrogen (secondary N) is 1. The van der Waals surface area contributed by atoms with E-state index in [4.69, 9.17) is 9.84 Å². The second-order valence-electron chi connectivity index (χ2n) is 4.38. The van der Waals surface area contributed by atoms with Crippen LogP contribution in [0.4, 0.5) is 5.69 Å². The topological polar surface area (TPSA) is 58.6 Å². The molecule has 0 amide bonds. The van der Waals surface area contributed by atoms with Crippen molar-refractivity contribution in [1.82, 2.24) is 0 Å². The average Bonchev–Trinajstić information content (AvgIpc) is 2.57. The lowest BCUT2D eigenvalue weighted by molar-refractivity contribution is 0.0698. The smallest absolute Gasteiger partial charge is 0.337 e. The molecule has 1 saturated heterocycles. The number of halogens is 1. The van der Waals surface area contributed by atoms with Gasteiger partial charge in [-0.1, -0.05) is 15.9 Å².